The molecule has 0 saturated heterocycles. The lowest BCUT2D eigenvalue weighted by Gasteiger charge is -2.17. The Balaban J connectivity index is 2.22. The van der Waals surface area contributed by atoms with Crippen LogP contribution in [0.15, 0.2) is 47.4 Å². The maximum Gasteiger partial charge on any atom is 0.238 e. The van der Waals surface area contributed by atoms with Gasteiger partial charge >= 0.3 is 0 Å². The van der Waals surface area contributed by atoms with Crippen molar-refractivity contribution in [3.63, 3.8) is 0 Å². The first kappa shape index (κ1) is 18.9. The van der Waals surface area contributed by atoms with Gasteiger partial charge in [0, 0.05) is 11.1 Å². The molecule has 1 heterocycles. The number of carbonyl (C=O) groups is 1. The fourth-order valence-corrected chi connectivity index (χ4v) is 3.61. The van der Waals surface area contributed by atoms with Crippen molar-refractivity contribution >= 4 is 50.3 Å². The average Bonchev–Trinajstić information content (AvgIpc) is 2.80. The second-order valence-electron chi connectivity index (χ2n) is 6.32. The van der Waals surface area contributed by atoms with E-state index < -0.39 is 15.6 Å². The van der Waals surface area contributed by atoms with Crippen molar-refractivity contribution in [2.45, 2.75) is 24.3 Å². The summed E-state index contributed by atoms with van der Waals surface area (Å²) in [7, 11) is -3.82. The molecule has 5 nitrogen and oxygen atoms in total. The zero-order chi connectivity index (χ0) is 19.3. The maximum absolute atomic E-state index is 12.9. The van der Waals surface area contributed by atoms with Gasteiger partial charge in [0.2, 0.25) is 15.8 Å². The van der Waals surface area contributed by atoms with Crippen LogP contribution in [0.4, 0.5) is 0 Å². The summed E-state index contributed by atoms with van der Waals surface area (Å²) in [5.74, 6) is 0.0670. The minimum atomic E-state index is -3.82. The van der Waals surface area contributed by atoms with Crippen LogP contribution in [-0.2, 0) is 19.6 Å². The van der Waals surface area contributed by atoms with Gasteiger partial charge in [0.05, 0.1) is 20.5 Å². The minimum Gasteiger partial charge on any atom is -0.478 e. The predicted molar refractivity (Wildman–Crippen MR) is 101 cm³/mol. The molecule has 1 aliphatic heterocycles. The number of hydrogen-bond donors (Lipinski definition) is 1. The van der Waals surface area contributed by atoms with Crippen LogP contribution in [0.1, 0.15) is 25.0 Å². The topological polar surface area (TPSA) is 86.5 Å². The Kier molecular flexibility index (Phi) is 4.65. The molecule has 0 aromatic heterocycles. The van der Waals surface area contributed by atoms with Crippen molar-refractivity contribution in [3.05, 3.63) is 63.6 Å². The number of hydrogen-bond acceptors (Lipinski definition) is 4. The third-order valence-corrected chi connectivity index (χ3v) is 5.77. The number of ketones is 1. The molecule has 2 aromatic rings. The number of sulfonamides is 1. The Hall–Kier alpha value is -1.86. The summed E-state index contributed by atoms with van der Waals surface area (Å²) in [6.07, 6.45) is 0. The molecule has 2 aromatic carbocycles. The number of rotatable bonds is 3. The van der Waals surface area contributed by atoms with Gasteiger partial charge in [-0.2, -0.15) is 0 Å². The van der Waals surface area contributed by atoms with Crippen molar-refractivity contribution in [1.29, 1.82) is 0 Å². The Labute approximate surface area is 161 Å². The third-order valence-electron chi connectivity index (χ3n) is 4.02. The molecule has 0 bridgehead atoms. The summed E-state index contributed by atoms with van der Waals surface area (Å²) < 4.78 is 28.8. The number of ether oxygens (including phenoxy) is 1. The summed E-state index contributed by atoms with van der Waals surface area (Å²) in [6.45, 7) is 3.30. The molecular weight excluding hydrogens is 397 g/mol. The molecule has 0 amide bonds. The molecule has 0 atom stereocenters. The Bertz CT molecular complexity index is 1040. The van der Waals surface area contributed by atoms with Gasteiger partial charge in [0.15, 0.2) is 5.60 Å². The lowest BCUT2D eigenvalue weighted by Crippen LogP contribution is -2.29. The number of Topliss-reactive ketones (excluding diaryl/α,β-unsaturated/α-hetero) is 1. The minimum absolute atomic E-state index is 0.0345. The molecule has 2 N–H and O–H groups in total. The van der Waals surface area contributed by atoms with E-state index in [0.29, 0.717) is 27.5 Å². The van der Waals surface area contributed by atoms with E-state index in [9.17, 15) is 13.2 Å². The predicted octanol–water partition coefficient (Wildman–Crippen LogP) is 3.89. The van der Waals surface area contributed by atoms with Gasteiger partial charge in [-0.1, -0.05) is 35.3 Å². The van der Waals surface area contributed by atoms with E-state index in [2.05, 4.69) is 0 Å². The SMILES string of the molecule is CC1(C)OC(c2ccc(S(N)(=O)=O)cc2)=C(c2cccc(Cl)c2Cl)C1=O. The van der Waals surface area contributed by atoms with Crippen molar-refractivity contribution in [2.24, 2.45) is 5.14 Å². The normalized spacial score (nSPS) is 16.7. The molecule has 8 heteroatoms. The van der Waals surface area contributed by atoms with Crippen molar-refractivity contribution < 1.29 is 17.9 Å². The number of nitrogens with two attached hydrogens (primary N) is 1. The summed E-state index contributed by atoms with van der Waals surface area (Å²) >= 11 is 12.4. The van der Waals surface area contributed by atoms with Crippen LogP contribution in [-0.4, -0.2) is 19.8 Å². The molecule has 0 fully saturated rings. The van der Waals surface area contributed by atoms with E-state index in [1.54, 1.807) is 32.0 Å². The monoisotopic (exact) mass is 411 g/mol. The van der Waals surface area contributed by atoms with Gasteiger partial charge in [-0.05, 0) is 44.2 Å². The molecule has 0 spiro atoms. The van der Waals surface area contributed by atoms with Gasteiger partial charge in [-0.15, -0.1) is 0 Å². The molecular formula is C18H15Cl2NO4S. The summed E-state index contributed by atoms with van der Waals surface area (Å²) in [6, 6.07) is 10.8. The van der Waals surface area contributed by atoms with Gasteiger partial charge in [0.1, 0.15) is 5.76 Å². The first-order valence-electron chi connectivity index (χ1n) is 7.58. The average molecular weight is 412 g/mol. The Morgan fingerprint density at radius 3 is 2.23 bits per heavy atom. The summed E-state index contributed by atoms with van der Waals surface area (Å²) in [5, 5.41) is 5.69. The van der Waals surface area contributed by atoms with E-state index in [4.69, 9.17) is 33.1 Å². The number of halogens is 2. The molecule has 0 unspecified atom stereocenters. The van der Waals surface area contributed by atoms with Crippen LogP contribution in [0.2, 0.25) is 10.0 Å². The van der Waals surface area contributed by atoms with Crippen LogP contribution in [0.5, 0.6) is 0 Å². The van der Waals surface area contributed by atoms with Crippen LogP contribution in [0.25, 0.3) is 11.3 Å². The van der Waals surface area contributed by atoms with E-state index in [0.717, 1.165) is 0 Å². The summed E-state index contributed by atoms with van der Waals surface area (Å²) in [4.78, 5) is 12.9. The zero-order valence-corrected chi connectivity index (χ0v) is 16.2. The summed E-state index contributed by atoms with van der Waals surface area (Å²) in [5.41, 5.74) is 0.197. The number of carbonyl (C=O) groups excluding carboxylic acids is 1. The highest BCUT2D eigenvalue weighted by molar-refractivity contribution is 7.89. The molecule has 26 heavy (non-hydrogen) atoms. The molecule has 3 rings (SSSR count). The van der Waals surface area contributed by atoms with Crippen LogP contribution in [0, 0.1) is 0 Å². The Morgan fingerprint density at radius 1 is 1.04 bits per heavy atom. The van der Waals surface area contributed by atoms with Crippen molar-refractivity contribution in [1.82, 2.24) is 0 Å². The first-order valence-corrected chi connectivity index (χ1v) is 9.88. The Morgan fingerprint density at radius 2 is 1.65 bits per heavy atom. The molecule has 0 radical (unpaired) electrons. The largest absolute Gasteiger partial charge is 0.478 e. The zero-order valence-electron chi connectivity index (χ0n) is 13.9. The van der Waals surface area contributed by atoms with Gasteiger partial charge in [-0.25, -0.2) is 13.6 Å². The van der Waals surface area contributed by atoms with E-state index in [-0.39, 0.29) is 15.7 Å². The quantitative estimate of drug-likeness (QED) is 0.829. The van der Waals surface area contributed by atoms with Crippen molar-refractivity contribution in [2.75, 3.05) is 0 Å². The van der Waals surface area contributed by atoms with Gasteiger partial charge in [-0.3, -0.25) is 4.79 Å². The number of benzene rings is 2. The van der Waals surface area contributed by atoms with E-state index >= 15 is 0 Å². The standard InChI is InChI=1S/C18H15Cl2NO4S/c1-18(2)17(22)14(12-4-3-5-13(19)15(12)20)16(25-18)10-6-8-11(9-7-10)26(21,23)24/h3-9H,1-2H3,(H2,21,23,24). The highest BCUT2D eigenvalue weighted by Gasteiger charge is 2.43. The highest BCUT2D eigenvalue weighted by Crippen LogP contribution is 2.44. The van der Waals surface area contributed by atoms with Crippen LogP contribution >= 0.6 is 23.2 Å². The van der Waals surface area contributed by atoms with Gasteiger partial charge < -0.3 is 4.74 Å². The lowest BCUT2D eigenvalue weighted by atomic mass is 9.92. The first-order chi connectivity index (χ1) is 12.0. The fourth-order valence-electron chi connectivity index (χ4n) is 2.70. The second-order valence-corrected chi connectivity index (χ2v) is 8.66. The third kappa shape index (κ3) is 3.25. The molecule has 0 aliphatic carbocycles. The van der Waals surface area contributed by atoms with E-state index in [1.807, 2.05) is 0 Å². The van der Waals surface area contributed by atoms with E-state index in [1.165, 1.54) is 24.3 Å². The lowest BCUT2D eigenvalue weighted by molar-refractivity contribution is -0.125. The smallest absolute Gasteiger partial charge is 0.238 e. The second kappa shape index (κ2) is 6.39. The van der Waals surface area contributed by atoms with Gasteiger partial charge in [0.25, 0.3) is 0 Å². The molecule has 136 valence electrons. The molecule has 1 aliphatic rings. The highest BCUT2D eigenvalue weighted by atomic mass is 35.5. The molecule has 0 saturated carbocycles. The number of primary sulfonamides is 1. The van der Waals surface area contributed by atoms with Crippen LogP contribution in [0.3, 0.4) is 0 Å². The fraction of sp³-hybridized carbons (Fsp3) is 0.167. The maximum atomic E-state index is 12.9. The van der Waals surface area contributed by atoms with Crippen molar-refractivity contribution in [3.8, 4) is 0 Å². The van der Waals surface area contributed by atoms with Crippen LogP contribution < -0.4 is 5.14 Å².